The summed E-state index contributed by atoms with van der Waals surface area (Å²) in [7, 11) is 0. The van der Waals surface area contributed by atoms with Crippen molar-refractivity contribution in [1.29, 1.82) is 0 Å². The largest absolute Gasteiger partial charge is 0.174 e. The van der Waals surface area contributed by atoms with Gasteiger partial charge in [0.2, 0.25) is 0 Å². The summed E-state index contributed by atoms with van der Waals surface area (Å²) in [6.45, 7) is 0. The Labute approximate surface area is 89.7 Å². The van der Waals surface area contributed by atoms with Gasteiger partial charge < -0.3 is 0 Å². The summed E-state index contributed by atoms with van der Waals surface area (Å²) in [6, 6.07) is 0. The van der Waals surface area contributed by atoms with E-state index < -0.39 is 4.33 Å². The van der Waals surface area contributed by atoms with Crippen LogP contribution in [0.5, 0.6) is 0 Å². The summed E-state index contributed by atoms with van der Waals surface area (Å²) in [5.41, 5.74) is 0. The van der Waals surface area contributed by atoms with Gasteiger partial charge in [-0.05, 0) is 6.08 Å². The molecule has 5 heteroatoms. The Morgan fingerprint density at radius 1 is 1.18 bits per heavy atom. The molecule has 0 nitrogen and oxygen atoms in total. The maximum atomic E-state index is 5.74. The van der Waals surface area contributed by atoms with Crippen LogP contribution in [0.2, 0.25) is 0 Å². The summed E-state index contributed by atoms with van der Waals surface area (Å²) in [5, 5.41) is 1.13. The molecular formula is C6H3Cl5. The Bertz CT molecular complexity index is 237. The van der Waals surface area contributed by atoms with E-state index in [1.54, 1.807) is 0 Å². The van der Waals surface area contributed by atoms with Crippen molar-refractivity contribution in [3.05, 3.63) is 21.2 Å². The Balaban J connectivity index is 3.04. The van der Waals surface area contributed by atoms with Gasteiger partial charge in [0.1, 0.15) is 0 Å². The quantitative estimate of drug-likeness (QED) is 0.561. The van der Waals surface area contributed by atoms with E-state index in [9.17, 15) is 0 Å². The van der Waals surface area contributed by atoms with Crippen LogP contribution < -0.4 is 0 Å². The van der Waals surface area contributed by atoms with Gasteiger partial charge in [0.05, 0.1) is 5.03 Å². The van der Waals surface area contributed by atoms with Gasteiger partial charge in [0.15, 0.2) is 4.33 Å². The monoisotopic (exact) mass is 250 g/mol. The van der Waals surface area contributed by atoms with Crippen LogP contribution in [0.4, 0.5) is 0 Å². The van der Waals surface area contributed by atoms with Gasteiger partial charge in [-0.2, -0.15) is 0 Å². The lowest BCUT2D eigenvalue weighted by Crippen LogP contribution is -2.14. The summed E-state index contributed by atoms with van der Waals surface area (Å²) < 4.78 is -1.26. The minimum atomic E-state index is -1.26. The first kappa shape index (κ1) is 10.0. The van der Waals surface area contributed by atoms with Crippen LogP contribution in [0.3, 0.4) is 0 Å². The molecule has 0 saturated heterocycles. The first-order valence-corrected chi connectivity index (χ1v) is 4.62. The summed E-state index contributed by atoms with van der Waals surface area (Å²) in [4.78, 5) is 0. The summed E-state index contributed by atoms with van der Waals surface area (Å²) in [5.74, 6) is 0. The zero-order valence-corrected chi connectivity index (χ0v) is 8.95. The molecule has 0 aromatic carbocycles. The van der Waals surface area contributed by atoms with Crippen LogP contribution in [-0.2, 0) is 0 Å². The van der Waals surface area contributed by atoms with Gasteiger partial charge in [-0.3, -0.25) is 0 Å². The highest BCUT2D eigenvalue weighted by molar-refractivity contribution is 6.59. The van der Waals surface area contributed by atoms with E-state index in [4.69, 9.17) is 58.0 Å². The van der Waals surface area contributed by atoms with Crippen LogP contribution in [0.15, 0.2) is 21.2 Å². The number of rotatable bonds is 0. The highest BCUT2D eigenvalue weighted by atomic mass is 35.5. The maximum Gasteiger partial charge on any atom is 0.174 e. The van der Waals surface area contributed by atoms with Gasteiger partial charge in [0, 0.05) is 16.5 Å². The minimum Gasteiger partial charge on any atom is -0.0905 e. The Morgan fingerprint density at radius 3 is 2.18 bits per heavy atom. The molecule has 0 bridgehead atoms. The Kier molecular flexibility index (Phi) is 3.05. The van der Waals surface area contributed by atoms with Crippen LogP contribution in [0.1, 0.15) is 6.42 Å². The second kappa shape index (κ2) is 3.35. The molecule has 0 spiro atoms. The predicted octanol–water partition coefficient (Wildman–Crippen LogP) is 4.38. The maximum absolute atomic E-state index is 5.74. The van der Waals surface area contributed by atoms with Gasteiger partial charge >= 0.3 is 0 Å². The molecule has 0 saturated carbocycles. The van der Waals surface area contributed by atoms with Crippen LogP contribution >= 0.6 is 58.0 Å². The normalized spacial score (nSPS) is 23.5. The second-order valence-corrected chi connectivity index (χ2v) is 4.82. The fourth-order valence-corrected chi connectivity index (χ4v) is 2.20. The van der Waals surface area contributed by atoms with Crippen molar-refractivity contribution in [3.63, 3.8) is 0 Å². The molecule has 62 valence electrons. The Hall–Kier alpha value is 0.930. The lowest BCUT2D eigenvalue weighted by atomic mass is 10.2. The van der Waals surface area contributed by atoms with Crippen LogP contribution in [0.25, 0.3) is 0 Å². The van der Waals surface area contributed by atoms with Crippen molar-refractivity contribution >= 4 is 58.0 Å². The molecular weight excluding hydrogens is 249 g/mol. The molecule has 0 aromatic heterocycles. The fourth-order valence-electron chi connectivity index (χ4n) is 0.718. The van der Waals surface area contributed by atoms with Crippen LogP contribution in [-0.4, -0.2) is 4.33 Å². The molecule has 11 heavy (non-hydrogen) atoms. The van der Waals surface area contributed by atoms with Gasteiger partial charge in [-0.25, -0.2) is 0 Å². The third-order valence-electron chi connectivity index (χ3n) is 1.19. The molecule has 0 atom stereocenters. The molecule has 0 aliphatic heterocycles. The first-order chi connectivity index (χ1) is 4.93. The molecule has 0 amide bonds. The van der Waals surface area contributed by atoms with E-state index in [1.165, 1.54) is 6.08 Å². The molecule has 0 heterocycles. The topological polar surface area (TPSA) is 0 Å². The Morgan fingerprint density at radius 2 is 1.73 bits per heavy atom. The highest BCUT2D eigenvalue weighted by Gasteiger charge is 2.32. The second-order valence-electron chi connectivity index (χ2n) is 2.11. The molecule has 0 radical (unpaired) electrons. The lowest BCUT2D eigenvalue weighted by molar-refractivity contribution is 1.10. The summed E-state index contributed by atoms with van der Waals surface area (Å²) >= 11 is 28.6. The van der Waals surface area contributed by atoms with E-state index in [0.29, 0.717) is 16.5 Å². The van der Waals surface area contributed by atoms with Crippen molar-refractivity contribution in [3.8, 4) is 0 Å². The molecule has 0 aromatic rings. The minimum absolute atomic E-state index is 0.229. The highest BCUT2D eigenvalue weighted by Crippen LogP contribution is 2.44. The van der Waals surface area contributed by atoms with Gasteiger partial charge in [-0.1, -0.05) is 58.0 Å². The molecule has 1 aliphatic rings. The molecule has 1 aliphatic carbocycles. The van der Waals surface area contributed by atoms with Gasteiger partial charge in [0.25, 0.3) is 0 Å². The zero-order valence-electron chi connectivity index (χ0n) is 5.17. The van der Waals surface area contributed by atoms with Crippen molar-refractivity contribution in [2.24, 2.45) is 0 Å². The third-order valence-corrected chi connectivity index (χ3v) is 3.17. The average molecular weight is 252 g/mol. The number of hydrogen-bond acceptors (Lipinski definition) is 0. The predicted molar refractivity (Wildman–Crippen MR) is 51.7 cm³/mol. The standard InChI is InChI=1S/C6H3Cl5/c7-3-1-4(8)5(9)6(10,11)2-3/h2H,1H2. The molecule has 0 unspecified atom stereocenters. The summed E-state index contributed by atoms with van der Waals surface area (Å²) in [6.07, 6.45) is 1.87. The number of allylic oxidation sites excluding steroid dienone is 4. The number of alkyl halides is 2. The lowest BCUT2D eigenvalue weighted by Gasteiger charge is -2.20. The van der Waals surface area contributed by atoms with Gasteiger partial charge in [-0.15, -0.1) is 0 Å². The van der Waals surface area contributed by atoms with E-state index in [2.05, 4.69) is 0 Å². The first-order valence-electron chi connectivity index (χ1n) is 2.73. The number of halogens is 5. The van der Waals surface area contributed by atoms with Crippen molar-refractivity contribution in [1.82, 2.24) is 0 Å². The molecule has 1 rings (SSSR count). The van der Waals surface area contributed by atoms with Crippen molar-refractivity contribution in [2.45, 2.75) is 10.8 Å². The smallest absolute Gasteiger partial charge is 0.0905 e. The fraction of sp³-hybridized carbons (Fsp3) is 0.333. The van der Waals surface area contributed by atoms with Crippen molar-refractivity contribution < 1.29 is 0 Å². The SMILES string of the molecule is ClC1=CC(Cl)(Cl)C(Cl)=C(Cl)C1. The molecule has 0 fully saturated rings. The van der Waals surface area contributed by atoms with Crippen molar-refractivity contribution in [2.75, 3.05) is 0 Å². The third kappa shape index (κ3) is 2.19. The van der Waals surface area contributed by atoms with E-state index in [0.717, 1.165) is 0 Å². The van der Waals surface area contributed by atoms with E-state index in [1.807, 2.05) is 0 Å². The number of hydrogen-bond donors (Lipinski definition) is 0. The van der Waals surface area contributed by atoms with Crippen LogP contribution in [0, 0.1) is 0 Å². The van der Waals surface area contributed by atoms with E-state index >= 15 is 0 Å². The molecule has 0 N–H and O–H groups in total. The average Bonchev–Trinajstić information content (AvgIpc) is 1.81. The zero-order chi connectivity index (χ0) is 8.65. The van der Waals surface area contributed by atoms with E-state index in [-0.39, 0.29) is 5.03 Å².